The summed E-state index contributed by atoms with van der Waals surface area (Å²) >= 11 is 3.15. The molecule has 3 rings (SSSR count). The molecule has 0 fully saturated rings. The second-order valence-electron chi connectivity index (χ2n) is 3.56. The van der Waals surface area contributed by atoms with Crippen LogP contribution in [0.5, 0.6) is 0 Å². The molecule has 0 atom stereocenters. The monoisotopic (exact) mass is 262 g/mol. The van der Waals surface area contributed by atoms with Gasteiger partial charge in [-0.15, -0.1) is 27.8 Å². The molecule has 0 amide bonds. The van der Waals surface area contributed by atoms with E-state index in [0.717, 1.165) is 27.1 Å². The molecule has 0 spiro atoms. The van der Waals surface area contributed by atoms with Crippen molar-refractivity contribution in [2.75, 3.05) is 5.73 Å². The molecule has 0 saturated heterocycles. The highest BCUT2D eigenvalue weighted by molar-refractivity contribution is 7.14. The molecule has 3 aromatic heterocycles. The van der Waals surface area contributed by atoms with Crippen LogP contribution in [0.3, 0.4) is 0 Å². The molecule has 4 nitrogen and oxygen atoms in total. The molecule has 0 aromatic carbocycles. The zero-order valence-corrected chi connectivity index (χ0v) is 10.8. The first-order valence-corrected chi connectivity index (χ1v) is 6.80. The lowest BCUT2D eigenvalue weighted by Crippen LogP contribution is -1.95. The lowest BCUT2D eigenvalue weighted by Gasteiger charge is -1.96. The number of nitrogen functional groups attached to an aromatic ring is 1. The number of anilines is 1. The van der Waals surface area contributed by atoms with E-state index in [1.165, 1.54) is 11.3 Å². The molecule has 3 aromatic rings. The van der Waals surface area contributed by atoms with Crippen molar-refractivity contribution in [3.8, 4) is 22.1 Å². The van der Waals surface area contributed by atoms with Gasteiger partial charge in [0.15, 0.2) is 11.6 Å². The van der Waals surface area contributed by atoms with Crippen LogP contribution in [-0.4, -0.2) is 14.8 Å². The minimum Gasteiger partial charge on any atom is -0.390 e. The fourth-order valence-corrected chi connectivity index (χ4v) is 2.92. The average Bonchev–Trinajstić information content (AvgIpc) is 2.98. The van der Waals surface area contributed by atoms with Crippen LogP contribution in [0.1, 0.15) is 0 Å². The summed E-state index contributed by atoms with van der Waals surface area (Å²) in [7, 11) is 1.89. The minimum absolute atomic E-state index is 0.753. The molecule has 17 heavy (non-hydrogen) atoms. The second-order valence-corrected chi connectivity index (χ2v) is 5.45. The minimum atomic E-state index is 0.753. The zero-order valence-electron chi connectivity index (χ0n) is 9.12. The van der Waals surface area contributed by atoms with E-state index in [9.17, 15) is 0 Å². The topological polar surface area (TPSA) is 56.7 Å². The van der Waals surface area contributed by atoms with Gasteiger partial charge in [-0.2, -0.15) is 0 Å². The Bertz CT molecular complexity index is 636. The van der Waals surface area contributed by atoms with E-state index in [1.807, 2.05) is 36.0 Å². The van der Waals surface area contributed by atoms with Gasteiger partial charge in [0.2, 0.25) is 0 Å². The molecule has 6 heteroatoms. The second kappa shape index (κ2) is 3.97. The number of rotatable bonds is 2. The molecule has 0 unspecified atom stereocenters. The Balaban J connectivity index is 2.11. The predicted molar refractivity (Wildman–Crippen MR) is 72.0 cm³/mol. The molecule has 3 heterocycles. The van der Waals surface area contributed by atoms with E-state index in [1.54, 1.807) is 16.0 Å². The highest BCUT2D eigenvalue weighted by Gasteiger charge is 2.14. The van der Waals surface area contributed by atoms with E-state index in [-0.39, 0.29) is 0 Å². The molecule has 2 N–H and O–H groups in total. The van der Waals surface area contributed by atoms with Gasteiger partial charge in [-0.3, -0.25) is 0 Å². The van der Waals surface area contributed by atoms with Crippen LogP contribution in [0.25, 0.3) is 22.1 Å². The van der Waals surface area contributed by atoms with Crippen LogP contribution in [0, 0.1) is 0 Å². The van der Waals surface area contributed by atoms with Crippen LogP contribution in [-0.2, 0) is 7.05 Å². The maximum absolute atomic E-state index is 5.91. The van der Waals surface area contributed by atoms with Crippen LogP contribution < -0.4 is 5.73 Å². The normalized spacial score (nSPS) is 10.9. The summed E-state index contributed by atoms with van der Waals surface area (Å²) in [6.07, 6.45) is 0. The summed E-state index contributed by atoms with van der Waals surface area (Å²) in [6.45, 7) is 0. The molecular weight excluding hydrogens is 252 g/mol. The third-order valence-electron chi connectivity index (χ3n) is 2.44. The Morgan fingerprint density at radius 2 is 2.12 bits per heavy atom. The van der Waals surface area contributed by atoms with Crippen LogP contribution in [0.2, 0.25) is 0 Å². The van der Waals surface area contributed by atoms with E-state index in [2.05, 4.69) is 10.1 Å². The number of aryl methyl sites for hydroxylation is 1. The first-order chi connectivity index (χ1) is 8.25. The van der Waals surface area contributed by atoms with Crippen molar-refractivity contribution in [3.63, 3.8) is 0 Å². The Labute approximate surface area is 106 Å². The molecule has 0 aliphatic carbocycles. The molecule has 86 valence electrons. The van der Waals surface area contributed by atoms with Gasteiger partial charge in [0.05, 0.1) is 15.4 Å². The number of thiophene rings is 2. The number of aromatic nitrogens is 3. The first kappa shape index (κ1) is 10.5. The highest BCUT2D eigenvalue weighted by atomic mass is 32.1. The fraction of sp³-hybridized carbons (Fsp3) is 0.0909. The van der Waals surface area contributed by atoms with Gasteiger partial charge >= 0.3 is 0 Å². The lowest BCUT2D eigenvalue weighted by atomic mass is 10.3. The number of hydrogen-bond donors (Lipinski definition) is 1. The maximum atomic E-state index is 5.91. The maximum Gasteiger partial charge on any atom is 0.191 e. The molecule has 0 radical (unpaired) electrons. The van der Waals surface area contributed by atoms with Crippen molar-refractivity contribution in [1.29, 1.82) is 0 Å². The average molecular weight is 262 g/mol. The van der Waals surface area contributed by atoms with E-state index >= 15 is 0 Å². The molecule has 0 saturated carbocycles. The van der Waals surface area contributed by atoms with Gasteiger partial charge in [-0.1, -0.05) is 6.07 Å². The fourth-order valence-electron chi connectivity index (χ4n) is 1.63. The number of hydrogen-bond acceptors (Lipinski definition) is 5. The summed E-state index contributed by atoms with van der Waals surface area (Å²) in [4.78, 5) is 5.61. The van der Waals surface area contributed by atoms with Gasteiger partial charge in [0.25, 0.3) is 0 Å². The van der Waals surface area contributed by atoms with Gasteiger partial charge in [-0.25, -0.2) is 9.67 Å². The van der Waals surface area contributed by atoms with Crippen molar-refractivity contribution in [2.24, 2.45) is 7.05 Å². The molecule has 0 bridgehead atoms. The Morgan fingerprint density at radius 1 is 1.24 bits per heavy atom. The molecule has 0 aliphatic heterocycles. The van der Waals surface area contributed by atoms with E-state index in [4.69, 9.17) is 5.73 Å². The van der Waals surface area contributed by atoms with Crippen LogP contribution in [0.4, 0.5) is 5.00 Å². The smallest absolute Gasteiger partial charge is 0.191 e. The quantitative estimate of drug-likeness (QED) is 0.772. The van der Waals surface area contributed by atoms with E-state index in [0.29, 0.717) is 0 Å². The van der Waals surface area contributed by atoms with Crippen molar-refractivity contribution >= 4 is 27.7 Å². The van der Waals surface area contributed by atoms with Gasteiger partial charge in [0.1, 0.15) is 0 Å². The van der Waals surface area contributed by atoms with Crippen molar-refractivity contribution in [2.45, 2.75) is 0 Å². The lowest BCUT2D eigenvalue weighted by molar-refractivity contribution is 0.778. The number of nitrogens with zero attached hydrogens (tertiary/aromatic N) is 3. The van der Waals surface area contributed by atoms with Gasteiger partial charge < -0.3 is 5.73 Å². The summed E-state index contributed by atoms with van der Waals surface area (Å²) < 4.78 is 1.77. The largest absolute Gasteiger partial charge is 0.390 e. The van der Waals surface area contributed by atoms with Crippen LogP contribution in [0.15, 0.2) is 29.0 Å². The van der Waals surface area contributed by atoms with Gasteiger partial charge in [-0.05, 0) is 22.9 Å². The Morgan fingerprint density at radius 3 is 2.76 bits per heavy atom. The van der Waals surface area contributed by atoms with Crippen molar-refractivity contribution in [1.82, 2.24) is 14.8 Å². The van der Waals surface area contributed by atoms with Gasteiger partial charge in [0, 0.05) is 7.05 Å². The van der Waals surface area contributed by atoms with Crippen molar-refractivity contribution in [3.05, 3.63) is 29.0 Å². The predicted octanol–water partition coefficient (Wildman–Crippen LogP) is 2.85. The van der Waals surface area contributed by atoms with Crippen molar-refractivity contribution < 1.29 is 0 Å². The Hall–Kier alpha value is -1.66. The van der Waals surface area contributed by atoms with Crippen LogP contribution >= 0.6 is 22.7 Å². The molecular formula is C11H10N4S2. The highest BCUT2D eigenvalue weighted by Crippen LogP contribution is 2.31. The summed E-state index contributed by atoms with van der Waals surface area (Å²) in [5, 5.41) is 9.17. The summed E-state index contributed by atoms with van der Waals surface area (Å²) in [5.74, 6) is 1.57. The SMILES string of the molecule is Cn1nc(-c2cccs2)nc1-c1ccsc1N. The number of nitrogens with two attached hydrogens (primary N) is 1. The summed E-state index contributed by atoms with van der Waals surface area (Å²) in [5.41, 5.74) is 6.86. The zero-order chi connectivity index (χ0) is 11.8. The Kier molecular flexibility index (Phi) is 2.45. The standard InChI is InChI=1S/C11H10N4S2/c1-15-11(7-4-6-17-9(7)12)13-10(14-15)8-3-2-5-16-8/h2-6H,12H2,1H3. The third kappa shape index (κ3) is 1.75. The first-order valence-electron chi connectivity index (χ1n) is 5.04. The summed E-state index contributed by atoms with van der Waals surface area (Å²) in [6, 6.07) is 5.98. The molecule has 0 aliphatic rings. The van der Waals surface area contributed by atoms with E-state index < -0.39 is 0 Å². The third-order valence-corrected chi connectivity index (χ3v) is 4.05.